The van der Waals surface area contributed by atoms with Gasteiger partial charge in [0.2, 0.25) is 10.0 Å². The third kappa shape index (κ3) is 5.03. The molecule has 33 heavy (non-hydrogen) atoms. The average molecular weight is 488 g/mol. The summed E-state index contributed by atoms with van der Waals surface area (Å²) in [6.45, 7) is 3.45. The van der Waals surface area contributed by atoms with Gasteiger partial charge in [0.1, 0.15) is 5.82 Å². The van der Waals surface area contributed by atoms with E-state index in [0.717, 1.165) is 5.69 Å². The minimum atomic E-state index is -3.81. The molecule has 6 nitrogen and oxygen atoms in total. The van der Waals surface area contributed by atoms with Crippen molar-refractivity contribution in [3.05, 3.63) is 88.7 Å². The standard InChI is InChI=1S/C24H23ClFN3O3S/c1-17-15-18(26)7-10-23(17)27-24(30)21-16-20(8-9-22(21)25)33(31,32)29-13-11-28(12-14-29)19-5-3-2-4-6-19/h2-10,15-16H,11-14H2,1H3,(H,27,30). The van der Waals surface area contributed by atoms with E-state index in [1.54, 1.807) is 6.92 Å². The van der Waals surface area contributed by atoms with Crippen LogP contribution >= 0.6 is 11.6 Å². The molecule has 0 aliphatic carbocycles. The number of hydrogen-bond acceptors (Lipinski definition) is 4. The van der Waals surface area contributed by atoms with Crippen LogP contribution in [-0.2, 0) is 10.0 Å². The van der Waals surface area contributed by atoms with Gasteiger partial charge in [-0.1, -0.05) is 29.8 Å². The van der Waals surface area contributed by atoms with Gasteiger partial charge in [0.15, 0.2) is 0 Å². The van der Waals surface area contributed by atoms with E-state index in [-0.39, 0.29) is 15.5 Å². The zero-order chi connectivity index (χ0) is 23.6. The molecule has 3 aromatic rings. The van der Waals surface area contributed by atoms with Crippen LogP contribution in [0.3, 0.4) is 0 Å². The zero-order valence-corrected chi connectivity index (χ0v) is 19.5. The van der Waals surface area contributed by atoms with Crippen LogP contribution < -0.4 is 10.2 Å². The maximum atomic E-state index is 13.3. The summed E-state index contributed by atoms with van der Waals surface area (Å²) in [5, 5.41) is 2.80. The summed E-state index contributed by atoms with van der Waals surface area (Å²) < 4.78 is 41.3. The van der Waals surface area contributed by atoms with Crippen molar-refractivity contribution in [2.24, 2.45) is 0 Å². The molecule has 1 heterocycles. The molecule has 0 saturated carbocycles. The number of nitrogens with zero attached hydrogens (tertiary/aromatic N) is 2. The number of para-hydroxylation sites is 1. The van der Waals surface area contributed by atoms with Crippen LogP contribution in [0.2, 0.25) is 5.02 Å². The van der Waals surface area contributed by atoms with Crippen LogP contribution in [0.1, 0.15) is 15.9 Å². The Morgan fingerprint density at radius 2 is 1.67 bits per heavy atom. The predicted molar refractivity (Wildman–Crippen MR) is 128 cm³/mol. The Bertz CT molecular complexity index is 1280. The largest absolute Gasteiger partial charge is 0.369 e. The smallest absolute Gasteiger partial charge is 0.257 e. The van der Waals surface area contributed by atoms with Crippen LogP contribution in [0, 0.1) is 12.7 Å². The number of amides is 1. The van der Waals surface area contributed by atoms with Gasteiger partial charge < -0.3 is 10.2 Å². The fourth-order valence-corrected chi connectivity index (χ4v) is 5.42. The molecule has 0 radical (unpaired) electrons. The summed E-state index contributed by atoms with van der Waals surface area (Å²) in [4.78, 5) is 15.0. The molecule has 1 N–H and O–H groups in total. The normalized spacial score (nSPS) is 14.8. The number of halogens is 2. The molecule has 0 aromatic heterocycles. The van der Waals surface area contributed by atoms with Gasteiger partial charge in [0, 0.05) is 37.6 Å². The SMILES string of the molecule is Cc1cc(F)ccc1NC(=O)c1cc(S(=O)(=O)N2CCN(c3ccccc3)CC2)ccc1Cl. The Kier molecular flexibility index (Phi) is 6.69. The second-order valence-electron chi connectivity index (χ2n) is 7.78. The minimum absolute atomic E-state index is 0.000962. The lowest BCUT2D eigenvalue weighted by Gasteiger charge is -2.35. The lowest BCUT2D eigenvalue weighted by atomic mass is 10.1. The van der Waals surface area contributed by atoms with Crippen molar-refractivity contribution < 1.29 is 17.6 Å². The molecule has 0 bridgehead atoms. The average Bonchev–Trinajstić information content (AvgIpc) is 2.81. The maximum absolute atomic E-state index is 13.3. The molecule has 0 atom stereocenters. The Morgan fingerprint density at radius 3 is 2.33 bits per heavy atom. The molecular formula is C24H23ClFN3O3S. The lowest BCUT2D eigenvalue weighted by Crippen LogP contribution is -2.48. The fraction of sp³-hybridized carbons (Fsp3) is 0.208. The number of benzene rings is 3. The molecule has 1 saturated heterocycles. The van der Waals surface area contributed by atoms with Crippen molar-refractivity contribution in [1.82, 2.24) is 4.31 Å². The van der Waals surface area contributed by atoms with Gasteiger partial charge in [-0.15, -0.1) is 0 Å². The van der Waals surface area contributed by atoms with Gasteiger partial charge in [0.25, 0.3) is 5.91 Å². The first kappa shape index (κ1) is 23.2. The van der Waals surface area contributed by atoms with E-state index < -0.39 is 21.7 Å². The van der Waals surface area contributed by atoms with Gasteiger partial charge in [0.05, 0.1) is 15.5 Å². The van der Waals surface area contributed by atoms with Crippen LogP contribution in [0.5, 0.6) is 0 Å². The van der Waals surface area contributed by atoms with Crippen molar-refractivity contribution in [2.75, 3.05) is 36.4 Å². The summed E-state index contributed by atoms with van der Waals surface area (Å²) in [6.07, 6.45) is 0. The van der Waals surface area contributed by atoms with E-state index in [1.807, 2.05) is 30.3 Å². The zero-order valence-electron chi connectivity index (χ0n) is 18.0. The van der Waals surface area contributed by atoms with Gasteiger partial charge in [-0.05, 0) is 61.0 Å². The summed E-state index contributed by atoms with van der Waals surface area (Å²) in [5.74, 6) is -0.982. The Balaban J connectivity index is 1.52. The number of hydrogen-bond donors (Lipinski definition) is 1. The van der Waals surface area contributed by atoms with Gasteiger partial charge >= 0.3 is 0 Å². The molecule has 1 aliphatic heterocycles. The van der Waals surface area contributed by atoms with Crippen LogP contribution in [0.15, 0.2) is 71.6 Å². The highest BCUT2D eigenvalue weighted by atomic mass is 35.5. The Hall–Kier alpha value is -2.94. The molecular weight excluding hydrogens is 465 g/mol. The van der Waals surface area contributed by atoms with E-state index >= 15 is 0 Å². The van der Waals surface area contributed by atoms with E-state index in [2.05, 4.69) is 10.2 Å². The number of piperazine rings is 1. The Morgan fingerprint density at radius 1 is 0.970 bits per heavy atom. The highest BCUT2D eigenvalue weighted by molar-refractivity contribution is 7.89. The van der Waals surface area contributed by atoms with Crippen molar-refractivity contribution in [3.8, 4) is 0 Å². The number of rotatable bonds is 5. The first-order valence-electron chi connectivity index (χ1n) is 10.4. The first-order valence-corrected chi connectivity index (χ1v) is 12.2. The van der Waals surface area contributed by atoms with Gasteiger partial charge in [-0.25, -0.2) is 12.8 Å². The summed E-state index contributed by atoms with van der Waals surface area (Å²) in [6, 6.07) is 17.9. The highest BCUT2D eigenvalue weighted by Crippen LogP contribution is 2.26. The second kappa shape index (κ2) is 9.51. The van der Waals surface area contributed by atoms with Gasteiger partial charge in [-0.2, -0.15) is 4.31 Å². The van der Waals surface area contributed by atoms with Gasteiger partial charge in [-0.3, -0.25) is 4.79 Å². The number of carbonyl (C=O) groups is 1. The first-order chi connectivity index (χ1) is 15.8. The van der Waals surface area contributed by atoms with Crippen molar-refractivity contribution >= 4 is 38.9 Å². The molecule has 3 aromatic carbocycles. The monoisotopic (exact) mass is 487 g/mol. The fourth-order valence-electron chi connectivity index (χ4n) is 3.77. The molecule has 9 heteroatoms. The van der Waals surface area contributed by atoms with Crippen molar-refractivity contribution in [1.29, 1.82) is 0 Å². The van der Waals surface area contributed by atoms with Crippen molar-refractivity contribution in [2.45, 2.75) is 11.8 Å². The topological polar surface area (TPSA) is 69.7 Å². The molecule has 1 fully saturated rings. The minimum Gasteiger partial charge on any atom is -0.369 e. The number of nitrogens with one attached hydrogen (secondary N) is 1. The number of sulfonamides is 1. The summed E-state index contributed by atoms with van der Waals surface area (Å²) in [5.41, 5.74) is 2.04. The quantitative estimate of drug-likeness (QED) is 0.573. The molecule has 1 amide bonds. The molecule has 1 aliphatic rings. The number of anilines is 2. The molecule has 172 valence electrons. The lowest BCUT2D eigenvalue weighted by molar-refractivity contribution is 0.102. The molecule has 0 unspecified atom stereocenters. The molecule has 0 spiro atoms. The predicted octanol–water partition coefficient (Wildman–Crippen LogP) is 4.55. The van der Waals surface area contributed by atoms with Crippen molar-refractivity contribution in [3.63, 3.8) is 0 Å². The summed E-state index contributed by atoms with van der Waals surface area (Å²) >= 11 is 6.21. The van der Waals surface area contributed by atoms with E-state index in [9.17, 15) is 17.6 Å². The second-order valence-corrected chi connectivity index (χ2v) is 10.1. The third-order valence-electron chi connectivity index (χ3n) is 5.62. The Labute approximate surface area is 197 Å². The number of aryl methyl sites for hydroxylation is 1. The van der Waals surface area contributed by atoms with Crippen LogP contribution in [0.4, 0.5) is 15.8 Å². The number of carbonyl (C=O) groups excluding carboxylic acids is 1. The summed E-state index contributed by atoms with van der Waals surface area (Å²) in [7, 11) is -3.81. The van der Waals surface area contributed by atoms with E-state index in [0.29, 0.717) is 37.4 Å². The molecule has 4 rings (SSSR count). The highest BCUT2D eigenvalue weighted by Gasteiger charge is 2.29. The third-order valence-corrected chi connectivity index (χ3v) is 7.84. The van der Waals surface area contributed by atoms with Crippen LogP contribution in [-0.4, -0.2) is 44.8 Å². The maximum Gasteiger partial charge on any atom is 0.257 e. The van der Waals surface area contributed by atoms with E-state index in [4.69, 9.17) is 11.6 Å². The van der Waals surface area contributed by atoms with Crippen LogP contribution in [0.25, 0.3) is 0 Å². The van der Waals surface area contributed by atoms with E-state index in [1.165, 1.54) is 40.7 Å².